The molecule has 0 fully saturated rings. The molecule has 4 nitrogen and oxygen atoms in total. The van der Waals surface area contributed by atoms with Crippen molar-refractivity contribution in [1.29, 1.82) is 0 Å². The lowest BCUT2D eigenvalue weighted by Gasteiger charge is -2.19. The Morgan fingerprint density at radius 3 is 2.46 bits per heavy atom. The number of sulfonamides is 1. The van der Waals surface area contributed by atoms with Gasteiger partial charge in [-0.2, -0.15) is 0 Å². The fourth-order valence-electron chi connectivity index (χ4n) is 3.14. The SMILES string of the molecule is O=S(=O)(c1ccc(N=Cc2ccc(Cl)cc2Cl)cc1)N1CCc2ccccc21. The summed E-state index contributed by atoms with van der Waals surface area (Å²) in [5.74, 6) is 0. The summed E-state index contributed by atoms with van der Waals surface area (Å²) in [6, 6.07) is 19.2. The van der Waals surface area contributed by atoms with Crippen molar-refractivity contribution in [2.24, 2.45) is 4.99 Å². The quantitative estimate of drug-likeness (QED) is 0.513. The van der Waals surface area contributed by atoms with E-state index in [-0.39, 0.29) is 4.90 Å². The van der Waals surface area contributed by atoms with Crippen LogP contribution in [0.3, 0.4) is 0 Å². The van der Waals surface area contributed by atoms with Gasteiger partial charge in [-0.15, -0.1) is 0 Å². The maximum absolute atomic E-state index is 13.0. The second-order valence-electron chi connectivity index (χ2n) is 6.37. The molecule has 0 atom stereocenters. The summed E-state index contributed by atoms with van der Waals surface area (Å²) in [5, 5.41) is 1.06. The fraction of sp³-hybridized carbons (Fsp3) is 0.0952. The van der Waals surface area contributed by atoms with Crippen molar-refractivity contribution in [1.82, 2.24) is 0 Å². The predicted octanol–water partition coefficient (Wildman–Crippen LogP) is 5.50. The highest BCUT2D eigenvalue weighted by Gasteiger charge is 2.30. The van der Waals surface area contributed by atoms with Crippen molar-refractivity contribution in [3.63, 3.8) is 0 Å². The van der Waals surface area contributed by atoms with Crippen molar-refractivity contribution >= 4 is 50.8 Å². The lowest BCUT2D eigenvalue weighted by molar-refractivity contribution is 0.592. The van der Waals surface area contributed by atoms with Crippen molar-refractivity contribution in [2.75, 3.05) is 10.8 Å². The van der Waals surface area contributed by atoms with Gasteiger partial charge in [0.15, 0.2) is 0 Å². The molecule has 0 saturated heterocycles. The lowest BCUT2D eigenvalue weighted by Crippen LogP contribution is -2.29. The number of hydrogen-bond acceptors (Lipinski definition) is 3. The van der Waals surface area contributed by atoms with E-state index in [1.807, 2.05) is 24.3 Å². The second kappa shape index (κ2) is 7.59. The van der Waals surface area contributed by atoms with Gasteiger partial charge in [-0.05, 0) is 54.4 Å². The van der Waals surface area contributed by atoms with Gasteiger partial charge >= 0.3 is 0 Å². The zero-order chi connectivity index (χ0) is 19.7. The van der Waals surface area contributed by atoms with Crippen LogP contribution in [-0.4, -0.2) is 21.2 Å². The molecule has 0 bridgehead atoms. The van der Waals surface area contributed by atoms with E-state index in [0.29, 0.717) is 22.3 Å². The van der Waals surface area contributed by atoms with Crippen molar-refractivity contribution in [2.45, 2.75) is 11.3 Å². The third kappa shape index (κ3) is 3.65. The van der Waals surface area contributed by atoms with E-state index in [0.717, 1.165) is 23.2 Å². The molecule has 3 aromatic carbocycles. The highest BCUT2D eigenvalue weighted by Crippen LogP contribution is 2.33. The Hall–Kier alpha value is -2.34. The van der Waals surface area contributed by atoms with Crippen LogP contribution >= 0.6 is 23.2 Å². The molecule has 1 heterocycles. The van der Waals surface area contributed by atoms with E-state index in [1.54, 1.807) is 48.7 Å². The molecule has 0 spiro atoms. The zero-order valence-electron chi connectivity index (χ0n) is 14.7. The van der Waals surface area contributed by atoms with Crippen LogP contribution in [0.5, 0.6) is 0 Å². The first-order valence-corrected chi connectivity index (χ1v) is 10.8. The van der Waals surface area contributed by atoms with E-state index < -0.39 is 10.0 Å². The van der Waals surface area contributed by atoms with Crippen molar-refractivity contribution < 1.29 is 8.42 Å². The van der Waals surface area contributed by atoms with Crippen LogP contribution in [0.2, 0.25) is 10.0 Å². The number of aliphatic imine (C=N–C) groups is 1. The van der Waals surface area contributed by atoms with E-state index >= 15 is 0 Å². The summed E-state index contributed by atoms with van der Waals surface area (Å²) in [5.41, 5.74) is 3.16. The van der Waals surface area contributed by atoms with Gasteiger partial charge < -0.3 is 0 Å². The molecule has 0 saturated carbocycles. The number of halogens is 2. The molecule has 28 heavy (non-hydrogen) atoms. The molecule has 0 aromatic heterocycles. The van der Waals surface area contributed by atoms with Gasteiger partial charge in [-0.25, -0.2) is 8.42 Å². The highest BCUT2D eigenvalue weighted by molar-refractivity contribution is 7.92. The van der Waals surface area contributed by atoms with Crippen LogP contribution in [-0.2, 0) is 16.4 Å². The summed E-state index contributed by atoms with van der Waals surface area (Å²) < 4.78 is 27.5. The van der Waals surface area contributed by atoms with Crippen LogP contribution in [0, 0.1) is 0 Å². The minimum atomic E-state index is -3.60. The summed E-state index contributed by atoms with van der Waals surface area (Å²) in [6.07, 6.45) is 2.35. The molecule has 3 aromatic rings. The van der Waals surface area contributed by atoms with Gasteiger partial charge in [0, 0.05) is 23.3 Å². The topological polar surface area (TPSA) is 49.7 Å². The molecule has 0 unspecified atom stereocenters. The minimum Gasteiger partial charge on any atom is -0.266 e. The van der Waals surface area contributed by atoms with Gasteiger partial charge in [0.05, 0.1) is 21.3 Å². The Bertz CT molecular complexity index is 1160. The van der Waals surface area contributed by atoms with Crippen LogP contribution in [0.1, 0.15) is 11.1 Å². The van der Waals surface area contributed by atoms with Crippen LogP contribution in [0.15, 0.2) is 76.6 Å². The Kier molecular flexibility index (Phi) is 5.15. The van der Waals surface area contributed by atoms with Gasteiger partial charge in [-0.3, -0.25) is 9.30 Å². The number of rotatable bonds is 4. The maximum Gasteiger partial charge on any atom is 0.264 e. The Balaban J connectivity index is 1.57. The fourth-order valence-corrected chi connectivity index (χ4v) is 5.10. The smallest absolute Gasteiger partial charge is 0.264 e. The number of para-hydroxylation sites is 1. The molecule has 7 heteroatoms. The molecule has 1 aliphatic heterocycles. The molecular weight excluding hydrogens is 415 g/mol. The summed E-state index contributed by atoms with van der Waals surface area (Å²) >= 11 is 12.0. The number of nitrogens with zero attached hydrogens (tertiary/aromatic N) is 2. The molecule has 0 amide bonds. The van der Waals surface area contributed by atoms with E-state index in [4.69, 9.17) is 23.2 Å². The average Bonchev–Trinajstić information content (AvgIpc) is 3.13. The standard InChI is InChI=1S/C21H16Cl2N2O2S/c22-17-6-5-16(20(23)13-17)14-24-18-7-9-19(10-8-18)28(26,27)25-12-11-15-3-1-2-4-21(15)25/h1-10,13-14H,11-12H2. The van der Waals surface area contributed by atoms with Crippen molar-refractivity contribution in [3.05, 3.63) is 87.9 Å². The first-order chi connectivity index (χ1) is 13.4. The molecule has 0 radical (unpaired) electrons. The third-order valence-corrected chi connectivity index (χ3v) is 6.97. The summed E-state index contributed by atoms with van der Waals surface area (Å²) in [6.45, 7) is 0.455. The minimum absolute atomic E-state index is 0.243. The lowest BCUT2D eigenvalue weighted by atomic mass is 10.2. The Morgan fingerprint density at radius 1 is 0.964 bits per heavy atom. The first kappa shape index (κ1) is 19.0. The van der Waals surface area contributed by atoms with Gasteiger partial charge in [0.1, 0.15) is 0 Å². The number of hydrogen-bond donors (Lipinski definition) is 0. The van der Waals surface area contributed by atoms with Gasteiger partial charge in [-0.1, -0.05) is 47.5 Å². The van der Waals surface area contributed by atoms with Crippen LogP contribution < -0.4 is 4.31 Å². The summed E-state index contributed by atoms with van der Waals surface area (Å²) in [7, 11) is -3.60. The van der Waals surface area contributed by atoms with Crippen LogP contribution in [0.25, 0.3) is 0 Å². The largest absolute Gasteiger partial charge is 0.266 e. The average molecular weight is 431 g/mol. The number of anilines is 1. The second-order valence-corrected chi connectivity index (χ2v) is 9.08. The Morgan fingerprint density at radius 2 is 1.71 bits per heavy atom. The number of benzene rings is 3. The van der Waals surface area contributed by atoms with Crippen LogP contribution in [0.4, 0.5) is 11.4 Å². The monoisotopic (exact) mass is 430 g/mol. The first-order valence-electron chi connectivity index (χ1n) is 8.65. The molecule has 0 aliphatic carbocycles. The molecular formula is C21H16Cl2N2O2S. The molecule has 142 valence electrons. The predicted molar refractivity (Wildman–Crippen MR) is 115 cm³/mol. The third-order valence-electron chi connectivity index (χ3n) is 4.58. The summed E-state index contributed by atoms with van der Waals surface area (Å²) in [4.78, 5) is 4.61. The molecule has 1 aliphatic rings. The number of fused-ring (bicyclic) bond motifs is 1. The van der Waals surface area contributed by atoms with Gasteiger partial charge in [0.2, 0.25) is 0 Å². The van der Waals surface area contributed by atoms with Gasteiger partial charge in [0.25, 0.3) is 10.0 Å². The normalized spacial score (nSPS) is 13.9. The molecule has 0 N–H and O–H groups in total. The molecule has 4 rings (SSSR count). The van der Waals surface area contributed by atoms with E-state index in [2.05, 4.69) is 4.99 Å². The van der Waals surface area contributed by atoms with Crippen molar-refractivity contribution in [3.8, 4) is 0 Å². The highest BCUT2D eigenvalue weighted by atomic mass is 35.5. The Labute approximate surface area is 174 Å². The zero-order valence-corrected chi connectivity index (χ0v) is 17.0. The maximum atomic E-state index is 13.0. The van der Waals surface area contributed by atoms with E-state index in [1.165, 1.54) is 4.31 Å². The van der Waals surface area contributed by atoms with E-state index in [9.17, 15) is 8.42 Å².